The van der Waals surface area contributed by atoms with Crippen LogP contribution >= 0.6 is 0 Å². The second kappa shape index (κ2) is 4.75. The lowest BCUT2D eigenvalue weighted by atomic mass is 10.1. The molecule has 0 amide bonds. The summed E-state index contributed by atoms with van der Waals surface area (Å²) >= 11 is 0. The van der Waals surface area contributed by atoms with E-state index in [0.717, 1.165) is 13.1 Å². The topological polar surface area (TPSA) is 29.9 Å². The minimum Gasteiger partial charge on any atom is -0.333 e. The average Bonchev–Trinajstić information content (AvgIpc) is 2.74. The van der Waals surface area contributed by atoms with Gasteiger partial charge in [0.05, 0.1) is 6.33 Å². The van der Waals surface area contributed by atoms with Crippen molar-refractivity contribution in [2.75, 3.05) is 7.05 Å². The summed E-state index contributed by atoms with van der Waals surface area (Å²) in [4.78, 5) is 4.02. The third kappa shape index (κ3) is 2.67. The summed E-state index contributed by atoms with van der Waals surface area (Å²) in [5.74, 6) is 0. The van der Waals surface area contributed by atoms with Gasteiger partial charge in [-0.05, 0) is 18.2 Å². The summed E-state index contributed by atoms with van der Waals surface area (Å²) in [6.07, 6.45) is 5.61. The molecule has 0 atom stereocenters. The molecule has 0 fully saturated rings. The summed E-state index contributed by atoms with van der Waals surface area (Å²) in [7, 11) is 1.96. The molecule has 2 aromatic rings. The number of rotatable bonds is 4. The number of aromatic nitrogens is 2. The van der Waals surface area contributed by atoms with Gasteiger partial charge in [0.2, 0.25) is 0 Å². The van der Waals surface area contributed by atoms with Gasteiger partial charge < -0.3 is 9.88 Å². The Kier molecular flexibility index (Phi) is 3.15. The smallest absolute Gasteiger partial charge is 0.0949 e. The first-order valence-electron chi connectivity index (χ1n) is 5.06. The fourth-order valence-electron chi connectivity index (χ4n) is 1.56. The quantitative estimate of drug-likeness (QED) is 0.815. The Morgan fingerprint density at radius 1 is 1.20 bits per heavy atom. The second-order valence-corrected chi connectivity index (χ2v) is 3.58. The van der Waals surface area contributed by atoms with Crippen LogP contribution in [0.4, 0.5) is 0 Å². The molecule has 0 spiro atoms. The number of hydrogen-bond acceptors (Lipinski definition) is 2. The fourth-order valence-corrected chi connectivity index (χ4v) is 1.56. The molecule has 0 saturated heterocycles. The van der Waals surface area contributed by atoms with E-state index in [2.05, 4.69) is 39.1 Å². The second-order valence-electron chi connectivity index (χ2n) is 3.58. The third-order valence-corrected chi connectivity index (χ3v) is 2.33. The van der Waals surface area contributed by atoms with Gasteiger partial charge in [-0.1, -0.05) is 24.3 Å². The molecule has 15 heavy (non-hydrogen) atoms. The van der Waals surface area contributed by atoms with Crippen molar-refractivity contribution >= 4 is 0 Å². The maximum atomic E-state index is 4.02. The van der Waals surface area contributed by atoms with Crippen molar-refractivity contribution in [3.63, 3.8) is 0 Å². The molecule has 0 aliphatic rings. The van der Waals surface area contributed by atoms with Crippen molar-refractivity contribution in [2.45, 2.75) is 13.1 Å². The zero-order valence-electron chi connectivity index (χ0n) is 8.85. The van der Waals surface area contributed by atoms with Crippen molar-refractivity contribution < 1.29 is 0 Å². The van der Waals surface area contributed by atoms with Crippen molar-refractivity contribution in [3.8, 4) is 0 Å². The predicted octanol–water partition coefficient (Wildman–Crippen LogP) is 1.65. The minimum atomic E-state index is 0.889. The van der Waals surface area contributed by atoms with Gasteiger partial charge in [0, 0.05) is 25.5 Å². The van der Waals surface area contributed by atoms with E-state index < -0.39 is 0 Å². The van der Waals surface area contributed by atoms with E-state index in [1.54, 1.807) is 6.20 Å². The van der Waals surface area contributed by atoms with Crippen molar-refractivity contribution in [1.29, 1.82) is 0 Å². The van der Waals surface area contributed by atoms with Gasteiger partial charge in [-0.3, -0.25) is 0 Å². The maximum absolute atomic E-state index is 4.02. The van der Waals surface area contributed by atoms with Crippen LogP contribution in [0.2, 0.25) is 0 Å². The largest absolute Gasteiger partial charge is 0.333 e. The normalized spacial score (nSPS) is 10.5. The molecule has 0 bridgehead atoms. The summed E-state index contributed by atoms with van der Waals surface area (Å²) in [6.45, 7) is 1.81. The molecule has 1 N–H and O–H groups in total. The Balaban J connectivity index is 2.04. The van der Waals surface area contributed by atoms with Gasteiger partial charge in [0.25, 0.3) is 0 Å². The summed E-state index contributed by atoms with van der Waals surface area (Å²) in [6, 6.07) is 8.63. The minimum absolute atomic E-state index is 0.889. The van der Waals surface area contributed by atoms with Gasteiger partial charge in [-0.15, -0.1) is 0 Å². The summed E-state index contributed by atoms with van der Waals surface area (Å²) in [5, 5.41) is 3.13. The van der Waals surface area contributed by atoms with Gasteiger partial charge >= 0.3 is 0 Å². The molecular formula is C12H15N3. The van der Waals surface area contributed by atoms with Gasteiger partial charge in [-0.2, -0.15) is 0 Å². The van der Waals surface area contributed by atoms with Crippen molar-refractivity contribution in [3.05, 3.63) is 54.1 Å². The van der Waals surface area contributed by atoms with E-state index in [1.807, 2.05) is 19.6 Å². The van der Waals surface area contributed by atoms with Crippen LogP contribution < -0.4 is 5.32 Å². The fraction of sp³-hybridized carbons (Fsp3) is 0.250. The van der Waals surface area contributed by atoms with Crippen molar-refractivity contribution in [2.24, 2.45) is 0 Å². The number of benzene rings is 1. The molecule has 78 valence electrons. The molecule has 0 aliphatic heterocycles. The van der Waals surface area contributed by atoms with Gasteiger partial charge in [0.1, 0.15) is 0 Å². The first kappa shape index (κ1) is 9.93. The lowest BCUT2D eigenvalue weighted by Crippen LogP contribution is -2.05. The summed E-state index contributed by atoms with van der Waals surface area (Å²) < 4.78 is 2.06. The Labute approximate surface area is 89.8 Å². The van der Waals surface area contributed by atoms with E-state index in [4.69, 9.17) is 0 Å². The molecule has 0 aliphatic carbocycles. The first-order chi connectivity index (χ1) is 7.38. The van der Waals surface area contributed by atoms with Crippen LogP contribution in [0, 0.1) is 0 Å². The Bertz CT molecular complexity index is 389. The molecular weight excluding hydrogens is 186 g/mol. The summed E-state index contributed by atoms with van der Waals surface area (Å²) in [5.41, 5.74) is 2.61. The zero-order chi connectivity index (χ0) is 10.5. The molecule has 3 heteroatoms. The van der Waals surface area contributed by atoms with Gasteiger partial charge in [0.15, 0.2) is 0 Å². The highest BCUT2D eigenvalue weighted by atomic mass is 15.0. The number of nitrogens with one attached hydrogen (secondary N) is 1. The average molecular weight is 201 g/mol. The highest BCUT2D eigenvalue weighted by molar-refractivity contribution is 5.22. The molecule has 2 rings (SSSR count). The molecule has 1 aromatic carbocycles. The maximum Gasteiger partial charge on any atom is 0.0949 e. The van der Waals surface area contributed by atoms with Crippen LogP contribution in [-0.4, -0.2) is 16.6 Å². The molecule has 0 unspecified atom stereocenters. The SMILES string of the molecule is CNCc1ccc(Cn2ccnc2)cc1. The number of hydrogen-bond donors (Lipinski definition) is 1. The first-order valence-corrected chi connectivity index (χ1v) is 5.06. The molecule has 1 aromatic heterocycles. The highest BCUT2D eigenvalue weighted by Gasteiger charge is 1.95. The van der Waals surface area contributed by atoms with Crippen LogP contribution in [0.5, 0.6) is 0 Å². The van der Waals surface area contributed by atoms with E-state index in [0.29, 0.717) is 0 Å². The van der Waals surface area contributed by atoms with Crippen molar-refractivity contribution in [1.82, 2.24) is 14.9 Å². The van der Waals surface area contributed by atoms with Crippen LogP contribution in [0.3, 0.4) is 0 Å². The van der Waals surface area contributed by atoms with Crippen LogP contribution in [0.25, 0.3) is 0 Å². The van der Waals surface area contributed by atoms with Crippen LogP contribution in [0.15, 0.2) is 43.0 Å². The standard InChI is InChI=1S/C12H15N3/c1-13-8-11-2-4-12(5-3-11)9-15-7-6-14-10-15/h2-7,10,13H,8-9H2,1H3. The van der Waals surface area contributed by atoms with E-state index in [1.165, 1.54) is 11.1 Å². The Morgan fingerprint density at radius 2 is 1.93 bits per heavy atom. The van der Waals surface area contributed by atoms with E-state index in [9.17, 15) is 0 Å². The Hall–Kier alpha value is -1.61. The lowest BCUT2D eigenvalue weighted by molar-refractivity contribution is 0.791. The predicted molar refractivity (Wildman–Crippen MR) is 60.5 cm³/mol. The molecule has 0 saturated carbocycles. The van der Waals surface area contributed by atoms with Crippen LogP contribution in [0.1, 0.15) is 11.1 Å². The highest BCUT2D eigenvalue weighted by Crippen LogP contribution is 2.06. The van der Waals surface area contributed by atoms with Crippen LogP contribution in [-0.2, 0) is 13.1 Å². The third-order valence-electron chi connectivity index (χ3n) is 2.33. The number of nitrogens with zero attached hydrogens (tertiary/aromatic N) is 2. The zero-order valence-corrected chi connectivity index (χ0v) is 8.85. The molecule has 0 radical (unpaired) electrons. The van der Waals surface area contributed by atoms with Gasteiger partial charge in [-0.25, -0.2) is 4.98 Å². The molecule has 1 heterocycles. The molecule has 3 nitrogen and oxygen atoms in total. The Morgan fingerprint density at radius 3 is 2.53 bits per heavy atom. The monoisotopic (exact) mass is 201 g/mol. The van der Waals surface area contributed by atoms with E-state index in [-0.39, 0.29) is 0 Å². The van der Waals surface area contributed by atoms with E-state index >= 15 is 0 Å². The lowest BCUT2D eigenvalue weighted by Gasteiger charge is -2.04. The number of imidazole rings is 1.